The summed E-state index contributed by atoms with van der Waals surface area (Å²) in [5.41, 5.74) is 3.14. The summed E-state index contributed by atoms with van der Waals surface area (Å²) in [6.07, 6.45) is 1.05. The summed E-state index contributed by atoms with van der Waals surface area (Å²) in [4.78, 5) is 15.2. The number of alkyl halides is 2. The van der Waals surface area contributed by atoms with Crippen molar-refractivity contribution in [2.45, 2.75) is 31.9 Å². The number of anilines is 4. The van der Waals surface area contributed by atoms with Crippen molar-refractivity contribution in [3.63, 3.8) is 0 Å². The van der Waals surface area contributed by atoms with Crippen molar-refractivity contribution < 1.29 is 13.5 Å². The molecule has 6 rings (SSSR count). The molecule has 14 heteroatoms. The molecule has 226 valence electrons. The predicted octanol–water partition coefficient (Wildman–Crippen LogP) is 4.83. The standard InChI is InChI=1S/C30H29ClF2N10O/c1-44-23-6-2-19(3-7-23)17-42(21-4-5-21)29-28-36-16-22(15-35)43(28)39-30(38-29)37-24-12-20(14-34)13-25(27(24)31)41-10-8-40(9-11-41)18-26(32)33/h2-3,6-7,12-13,16,21,26H,4-5,8-11,17-18H2,1H3,(H,37,39). The maximum absolute atomic E-state index is 12.9. The van der Waals surface area contributed by atoms with E-state index in [0.29, 0.717) is 66.1 Å². The van der Waals surface area contributed by atoms with Gasteiger partial charge in [0.05, 0.1) is 47.9 Å². The zero-order valence-electron chi connectivity index (χ0n) is 23.9. The van der Waals surface area contributed by atoms with Crippen LogP contribution >= 0.6 is 11.6 Å². The Labute approximate surface area is 257 Å². The fourth-order valence-electron chi connectivity index (χ4n) is 5.36. The fraction of sp³-hybridized carbons (Fsp3) is 0.367. The second-order valence-electron chi connectivity index (χ2n) is 10.7. The topological polar surface area (TPSA) is 122 Å². The molecule has 2 aromatic heterocycles. The minimum Gasteiger partial charge on any atom is -0.497 e. The van der Waals surface area contributed by atoms with Gasteiger partial charge in [0.2, 0.25) is 5.95 Å². The van der Waals surface area contributed by atoms with Crippen LogP contribution in [0.1, 0.15) is 29.7 Å². The lowest BCUT2D eigenvalue weighted by Gasteiger charge is -2.36. The van der Waals surface area contributed by atoms with Gasteiger partial charge in [0, 0.05) is 38.8 Å². The third-order valence-electron chi connectivity index (χ3n) is 7.77. The van der Waals surface area contributed by atoms with Crippen molar-refractivity contribution >= 4 is 40.4 Å². The lowest BCUT2D eigenvalue weighted by Crippen LogP contribution is -2.47. The van der Waals surface area contributed by atoms with E-state index in [4.69, 9.17) is 21.3 Å². The number of nitrogens with zero attached hydrogens (tertiary/aromatic N) is 9. The summed E-state index contributed by atoms with van der Waals surface area (Å²) in [7, 11) is 1.63. The van der Waals surface area contributed by atoms with E-state index in [0.717, 1.165) is 24.2 Å². The van der Waals surface area contributed by atoms with Crippen LogP contribution in [-0.4, -0.2) is 76.8 Å². The molecule has 0 amide bonds. The third kappa shape index (κ3) is 6.16. The van der Waals surface area contributed by atoms with Gasteiger partial charge in [-0.05, 0) is 42.7 Å². The van der Waals surface area contributed by atoms with Crippen LogP contribution in [0.5, 0.6) is 5.75 Å². The molecule has 11 nitrogen and oxygen atoms in total. The van der Waals surface area contributed by atoms with Crippen LogP contribution in [0.4, 0.5) is 31.9 Å². The van der Waals surface area contributed by atoms with Gasteiger partial charge in [0.1, 0.15) is 11.8 Å². The van der Waals surface area contributed by atoms with Gasteiger partial charge in [-0.3, -0.25) is 4.90 Å². The van der Waals surface area contributed by atoms with Crippen molar-refractivity contribution in [2.24, 2.45) is 0 Å². The van der Waals surface area contributed by atoms with Crippen molar-refractivity contribution in [2.75, 3.05) is 55.0 Å². The molecular weight excluding hydrogens is 590 g/mol. The second kappa shape index (κ2) is 12.5. The molecule has 0 unspecified atom stereocenters. The molecular formula is C30H29ClF2N10O. The monoisotopic (exact) mass is 618 g/mol. The minimum atomic E-state index is -2.39. The Morgan fingerprint density at radius 3 is 2.50 bits per heavy atom. The van der Waals surface area contributed by atoms with Gasteiger partial charge in [-0.25, -0.2) is 13.8 Å². The number of hydrogen-bond acceptors (Lipinski definition) is 10. The first kappa shape index (κ1) is 29.4. The summed E-state index contributed by atoms with van der Waals surface area (Å²) < 4.78 is 32.5. The first-order valence-electron chi connectivity index (χ1n) is 14.2. The number of halogens is 3. The third-order valence-corrected chi connectivity index (χ3v) is 8.17. The molecule has 44 heavy (non-hydrogen) atoms. The molecule has 1 aliphatic carbocycles. The number of aromatic nitrogens is 4. The van der Waals surface area contributed by atoms with Crippen LogP contribution in [-0.2, 0) is 6.54 Å². The number of nitriles is 2. The van der Waals surface area contributed by atoms with Gasteiger partial charge in [-0.2, -0.15) is 20.0 Å². The Morgan fingerprint density at radius 2 is 1.86 bits per heavy atom. The Hall–Kier alpha value is -4.72. The van der Waals surface area contributed by atoms with Crippen LogP contribution in [0, 0.1) is 22.7 Å². The number of fused-ring (bicyclic) bond motifs is 1. The largest absolute Gasteiger partial charge is 0.497 e. The Bertz CT molecular complexity index is 1740. The van der Waals surface area contributed by atoms with Crippen molar-refractivity contribution in [3.05, 3.63) is 64.4 Å². The molecule has 2 aromatic carbocycles. The number of hydrogen-bond donors (Lipinski definition) is 1. The van der Waals surface area contributed by atoms with E-state index in [1.807, 2.05) is 29.2 Å². The maximum Gasteiger partial charge on any atom is 0.251 e. The zero-order valence-corrected chi connectivity index (χ0v) is 24.7. The van der Waals surface area contributed by atoms with E-state index in [-0.39, 0.29) is 24.2 Å². The summed E-state index contributed by atoms with van der Waals surface area (Å²) in [6.45, 7) is 2.15. The average Bonchev–Trinajstić information content (AvgIpc) is 3.79. The Morgan fingerprint density at radius 1 is 1.11 bits per heavy atom. The molecule has 0 bridgehead atoms. The van der Waals surface area contributed by atoms with Crippen LogP contribution in [0.2, 0.25) is 5.02 Å². The maximum atomic E-state index is 12.9. The SMILES string of the molecule is COc1ccc(CN(c2nc(Nc3cc(C#N)cc(N4CCN(CC(F)F)CC4)c3Cl)nn3c(C#N)cnc23)C2CC2)cc1. The van der Waals surface area contributed by atoms with E-state index in [1.54, 1.807) is 24.1 Å². The summed E-state index contributed by atoms with van der Waals surface area (Å²) in [5.74, 6) is 1.50. The molecule has 1 saturated carbocycles. The second-order valence-corrected chi connectivity index (χ2v) is 11.1. The van der Waals surface area contributed by atoms with Crippen LogP contribution in [0.25, 0.3) is 5.65 Å². The van der Waals surface area contributed by atoms with Gasteiger partial charge in [-0.15, -0.1) is 5.10 Å². The Balaban J connectivity index is 1.35. The fourth-order valence-corrected chi connectivity index (χ4v) is 5.64. The number of rotatable bonds is 10. The molecule has 0 radical (unpaired) electrons. The molecule has 1 N–H and O–H groups in total. The van der Waals surface area contributed by atoms with Gasteiger partial charge in [-0.1, -0.05) is 23.7 Å². The van der Waals surface area contributed by atoms with Gasteiger partial charge >= 0.3 is 0 Å². The molecule has 3 heterocycles. The molecule has 1 aliphatic heterocycles. The number of ether oxygens (including phenoxy) is 1. The number of methoxy groups -OCH3 is 1. The summed E-state index contributed by atoms with van der Waals surface area (Å²) >= 11 is 6.90. The zero-order chi connectivity index (χ0) is 30.8. The number of nitrogens with one attached hydrogen (secondary N) is 1. The van der Waals surface area contributed by atoms with E-state index in [2.05, 4.69) is 32.4 Å². The summed E-state index contributed by atoms with van der Waals surface area (Å²) in [5, 5.41) is 27.7. The first-order chi connectivity index (χ1) is 21.4. The minimum absolute atomic E-state index is 0.173. The van der Waals surface area contributed by atoms with Gasteiger partial charge in [0.25, 0.3) is 6.43 Å². The van der Waals surface area contributed by atoms with Crippen LogP contribution in [0.3, 0.4) is 0 Å². The highest BCUT2D eigenvalue weighted by Crippen LogP contribution is 2.38. The molecule has 1 saturated heterocycles. The van der Waals surface area contributed by atoms with Crippen LogP contribution < -0.4 is 19.9 Å². The molecule has 0 spiro atoms. The highest BCUT2D eigenvalue weighted by molar-refractivity contribution is 6.36. The highest BCUT2D eigenvalue weighted by Gasteiger charge is 2.33. The van der Waals surface area contributed by atoms with Gasteiger partial charge < -0.3 is 19.9 Å². The van der Waals surface area contributed by atoms with Crippen molar-refractivity contribution in [1.82, 2.24) is 24.5 Å². The molecule has 0 atom stereocenters. The average molecular weight is 619 g/mol. The summed E-state index contributed by atoms with van der Waals surface area (Å²) in [6, 6.07) is 15.7. The lowest BCUT2D eigenvalue weighted by atomic mass is 10.1. The van der Waals surface area contributed by atoms with Crippen molar-refractivity contribution in [1.29, 1.82) is 10.5 Å². The quantitative estimate of drug-likeness (QED) is 0.264. The van der Waals surface area contributed by atoms with E-state index >= 15 is 0 Å². The van der Waals surface area contributed by atoms with Crippen LogP contribution in [0.15, 0.2) is 42.6 Å². The number of benzene rings is 2. The van der Waals surface area contributed by atoms with E-state index < -0.39 is 6.43 Å². The molecule has 4 aromatic rings. The van der Waals surface area contributed by atoms with Crippen molar-refractivity contribution in [3.8, 4) is 17.9 Å². The van der Waals surface area contributed by atoms with E-state index in [1.165, 1.54) is 10.7 Å². The smallest absolute Gasteiger partial charge is 0.251 e. The first-order valence-corrected chi connectivity index (χ1v) is 14.6. The Kier molecular flexibility index (Phi) is 8.33. The number of piperazine rings is 1. The highest BCUT2D eigenvalue weighted by atomic mass is 35.5. The molecule has 2 aliphatic rings. The predicted molar refractivity (Wildman–Crippen MR) is 162 cm³/mol. The number of imidazole rings is 1. The van der Waals surface area contributed by atoms with E-state index in [9.17, 15) is 19.3 Å². The molecule has 2 fully saturated rings. The van der Waals surface area contributed by atoms with Gasteiger partial charge in [0.15, 0.2) is 17.2 Å². The normalized spacial score (nSPS) is 15.3. The lowest BCUT2D eigenvalue weighted by molar-refractivity contribution is 0.0854.